The summed E-state index contributed by atoms with van der Waals surface area (Å²) in [5.74, 6) is -0.355. The van der Waals surface area contributed by atoms with E-state index in [-0.39, 0.29) is 24.2 Å². The van der Waals surface area contributed by atoms with E-state index >= 15 is 0 Å². The summed E-state index contributed by atoms with van der Waals surface area (Å²) < 4.78 is 16.9. The lowest BCUT2D eigenvalue weighted by Crippen LogP contribution is -2.39. The fourth-order valence-corrected chi connectivity index (χ4v) is 4.45. The van der Waals surface area contributed by atoms with Crippen LogP contribution in [0.1, 0.15) is 41.9 Å². The number of anilines is 1. The number of urea groups is 1. The lowest BCUT2D eigenvalue weighted by molar-refractivity contribution is 0.0925. The number of nitrogens with zero attached hydrogens (tertiary/aromatic N) is 3. The Kier molecular flexibility index (Phi) is 9.39. The third-order valence-electron chi connectivity index (χ3n) is 5.13. The summed E-state index contributed by atoms with van der Waals surface area (Å²) in [5, 5.41) is 16.4. The molecule has 0 aliphatic heterocycles. The number of carbonyl (C=O) groups is 2. The molecular weight excluding hydrogens is 583 g/mol. The molecule has 186 valence electrons. The summed E-state index contributed by atoms with van der Waals surface area (Å²) in [6, 6.07) is 8.89. The second-order valence-electron chi connectivity index (χ2n) is 8.60. The van der Waals surface area contributed by atoms with Crippen LogP contribution in [0.5, 0.6) is 0 Å². The molecule has 3 N–H and O–H groups in total. The fourth-order valence-electron chi connectivity index (χ4n) is 3.47. The van der Waals surface area contributed by atoms with Gasteiger partial charge in [0.2, 0.25) is 0 Å². The molecule has 3 amide bonds. The van der Waals surface area contributed by atoms with Gasteiger partial charge in [-0.05, 0) is 65.0 Å². The second-order valence-corrected chi connectivity index (χ2v) is 10.3. The lowest BCUT2D eigenvalue weighted by atomic mass is 10.0. The number of aryl methyl sites for hydroxylation is 1. The molecule has 0 aliphatic rings. The van der Waals surface area contributed by atoms with E-state index in [0.29, 0.717) is 23.7 Å². The van der Waals surface area contributed by atoms with E-state index in [1.807, 2.05) is 13.0 Å². The molecule has 0 bridgehead atoms. The highest BCUT2D eigenvalue weighted by Gasteiger charge is 2.19. The number of rotatable bonds is 9. The molecule has 2 aromatic carbocycles. The highest BCUT2D eigenvalue weighted by atomic mass is 79.9. The van der Waals surface area contributed by atoms with Gasteiger partial charge in [0.15, 0.2) is 0 Å². The minimum atomic E-state index is -0.551. The van der Waals surface area contributed by atoms with Gasteiger partial charge in [-0.15, -0.1) is 5.10 Å². The highest BCUT2D eigenvalue weighted by Crippen LogP contribution is 2.25. The molecule has 3 rings (SSSR count). The van der Waals surface area contributed by atoms with Gasteiger partial charge in [-0.2, -0.15) is 0 Å². The first-order chi connectivity index (χ1) is 16.6. The van der Waals surface area contributed by atoms with Crippen molar-refractivity contribution in [2.75, 3.05) is 5.32 Å². The van der Waals surface area contributed by atoms with E-state index in [0.717, 1.165) is 20.9 Å². The number of hydrogen-bond donors (Lipinski definition) is 3. The predicted molar refractivity (Wildman–Crippen MR) is 140 cm³/mol. The van der Waals surface area contributed by atoms with Crippen molar-refractivity contribution >= 4 is 49.5 Å². The summed E-state index contributed by atoms with van der Waals surface area (Å²) >= 11 is 6.96. The Bertz CT molecular complexity index is 1200. The summed E-state index contributed by atoms with van der Waals surface area (Å²) in [7, 11) is 0. The summed E-state index contributed by atoms with van der Waals surface area (Å²) in [5.41, 5.74) is 2.20. The summed E-state index contributed by atoms with van der Waals surface area (Å²) in [6.45, 7) is 6.67. The molecule has 0 saturated heterocycles. The third-order valence-corrected chi connectivity index (χ3v) is 6.64. The molecular formula is C24H27Br2FN6O2. The number of amides is 3. The Labute approximate surface area is 220 Å². The van der Waals surface area contributed by atoms with Gasteiger partial charge in [-0.3, -0.25) is 9.48 Å². The number of para-hydroxylation sites is 1. The summed E-state index contributed by atoms with van der Waals surface area (Å²) in [6.07, 6.45) is 2.45. The molecule has 0 saturated carbocycles. The standard InChI is InChI=1S/C24H27Br2FN6O2/c1-14(2)8-16(29-23(34)18-10-19(25)15(3)9-20(18)26)12-33-13-17(31-32-33)11-28-24(35)30-22-7-5-4-6-21(22)27/h4-7,9-10,13-14,16H,8,11-12H2,1-3H3,(H,29,34)(H2,28,30,35)/t16-/m0/s1. The van der Waals surface area contributed by atoms with Crippen molar-refractivity contribution in [3.63, 3.8) is 0 Å². The van der Waals surface area contributed by atoms with Gasteiger partial charge in [0.05, 0.1) is 30.5 Å². The minimum Gasteiger partial charge on any atom is -0.347 e. The van der Waals surface area contributed by atoms with Crippen LogP contribution in [0, 0.1) is 18.7 Å². The number of aromatic nitrogens is 3. The molecule has 1 aromatic heterocycles. The third kappa shape index (κ3) is 7.86. The maximum Gasteiger partial charge on any atom is 0.319 e. The van der Waals surface area contributed by atoms with Gasteiger partial charge in [0, 0.05) is 15.0 Å². The molecule has 8 nitrogen and oxygen atoms in total. The number of halogens is 3. The Hall–Kier alpha value is -2.79. The largest absolute Gasteiger partial charge is 0.347 e. The van der Waals surface area contributed by atoms with E-state index < -0.39 is 11.8 Å². The smallest absolute Gasteiger partial charge is 0.319 e. The molecule has 0 aliphatic carbocycles. The molecule has 0 unspecified atom stereocenters. The minimum absolute atomic E-state index is 0.0909. The molecule has 0 spiro atoms. The number of carbonyl (C=O) groups excluding carboxylic acids is 2. The molecule has 0 fully saturated rings. The van der Waals surface area contributed by atoms with Gasteiger partial charge in [-0.1, -0.05) is 47.1 Å². The monoisotopic (exact) mass is 608 g/mol. The first kappa shape index (κ1) is 26.8. The van der Waals surface area contributed by atoms with Crippen LogP contribution >= 0.6 is 31.9 Å². The Morgan fingerprint density at radius 3 is 2.60 bits per heavy atom. The van der Waals surface area contributed by atoms with Crippen LogP contribution in [0.3, 0.4) is 0 Å². The van der Waals surface area contributed by atoms with Gasteiger partial charge in [-0.25, -0.2) is 9.18 Å². The number of hydrogen-bond acceptors (Lipinski definition) is 4. The second kappa shape index (κ2) is 12.3. The van der Waals surface area contributed by atoms with Crippen LogP contribution in [0.15, 0.2) is 51.5 Å². The van der Waals surface area contributed by atoms with Gasteiger partial charge < -0.3 is 16.0 Å². The zero-order valence-electron chi connectivity index (χ0n) is 19.6. The average molecular weight is 610 g/mol. The first-order valence-electron chi connectivity index (χ1n) is 11.1. The molecule has 1 heterocycles. The van der Waals surface area contributed by atoms with Crippen LogP contribution in [-0.2, 0) is 13.1 Å². The van der Waals surface area contributed by atoms with Crippen molar-refractivity contribution in [2.45, 2.75) is 46.3 Å². The maximum atomic E-state index is 13.7. The van der Waals surface area contributed by atoms with Crippen LogP contribution in [0.25, 0.3) is 0 Å². The van der Waals surface area contributed by atoms with Crippen molar-refractivity contribution in [3.05, 3.63) is 74.2 Å². The molecule has 3 aromatic rings. The lowest BCUT2D eigenvalue weighted by Gasteiger charge is -2.21. The quantitative estimate of drug-likeness (QED) is 0.302. The fraction of sp³-hybridized carbons (Fsp3) is 0.333. The Morgan fingerprint density at radius 1 is 1.14 bits per heavy atom. The molecule has 11 heteroatoms. The highest BCUT2D eigenvalue weighted by molar-refractivity contribution is 9.11. The predicted octanol–water partition coefficient (Wildman–Crippen LogP) is 5.42. The van der Waals surface area contributed by atoms with E-state index in [9.17, 15) is 14.0 Å². The molecule has 0 radical (unpaired) electrons. The van der Waals surface area contributed by atoms with Crippen LogP contribution in [-0.4, -0.2) is 33.0 Å². The van der Waals surface area contributed by atoms with Crippen LogP contribution in [0.4, 0.5) is 14.9 Å². The van der Waals surface area contributed by atoms with Gasteiger partial charge >= 0.3 is 6.03 Å². The van der Waals surface area contributed by atoms with E-state index in [1.165, 1.54) is 12.1 Å². The Balaban J connectivity index is 1.60. The summed E-state index contributed by atoms with van der Waals surface area (Å²) in [4.78, 5) is 25.1. The van der Waals surface area contributed by atoms with Crippen molar-refractivity contribution in [2.24, 2.45) is 5.92 Å². The Morgan fingerprint density at radius 2 is 1.89 bits per heavy atom. The van der Waals surface area contributed by atoms with Crippen LogP contribution < -0.4 is 16.0 Å². The van der Waals surface area contributed by atoms with E-state index in [4.69, 9.17) is 0 Å². The zero-order valence-corrected chi connectivity index (χ0v) is 22.8. The maximum absolute atomic E-state index is 13.7. The molecule has 1 atom stereocenters. The van der Waals surface area contributed by atoms with Crippen LogP contribution in [0.2, 0.25) is 0 Å². The van der Waals surface area contributed by atoms with Crippen molar-refractivity contribution in [3.8, 4) is 0 Å². The van der Waals surface area contributed by atoms with Crippen molar-refractivity contribution in [1.29, 1.82) is 0 Å². The van der Waals surface area contributed by atoms with Gasteiger partial charge in [0.1, 0.15) is 11.5 Å². The molecule has 35 heavy (non-hydrogen) atoms. The van der Waals surface area contributed by atoms with Crippen molar-refractivity contribution < 1.29 is 14.0 Å². The van der Waals surface area contributed by atoms with Crippen molar-refractivity contribution in [1.82, 2.24) is 25.6 Å². The topological polar surface area (TPSA) is 101 Å². The van der Waals surface area contributed by atoms with E-state index in [1.54, 1.807) is 29.1 Å². The number of benzene rings is 2. The SMILES string of the molecule is Cc1cc(Br)c(C(=O)N[C@@H](CC(C)C)Cn2cc(CNC(=O)Nc3ccccc3F)nn2)cc1Br. The normalized spacial score (nSPS) is 11.9. The number of nitrogens with one attached hydrogen (secondary N) is 3. The van der Waals surface area contributed by atoms with E-state index in [2.05, 4.69) is 72.0 Å². The zero-order chi connectivity index (χ0) is 25.5. The van der Waals surface area contributed by atoms with Gasteiger partial charge in [0.25, 0.3) is 5.91 Å². The average Bonchev–Trinajstić information content (AvgIpc) is 3.23. The first-order valence-corrected chi connectivity index (χ1v) is 12.7.